The third-order valence-electron chi connectivity index (χ3n) is 10.1. The van der Waals surface area contributed by atoms with Crippen LogP contribution in [0.15, 0.2) is 143 Å². The van der Waals surface area contributed by atoms with E-state index in [4.69, 9.17) is 10.2 Å². The normalized spacial score (nSPS) is 11.6. The van der Waals surface area contributed by atoms with Gasteiger partial charge in [-0.25, -0.2) is 26.4 Å². The lowest BCUT2D eigenvalue weighted by Crippen LogP contribution is -2.16. The highest BCUT2D eigenvalue weighted by molar-refractivity contribution is 7.93. The minimum absolute atomic E-state index is 0.0378. The van der Waals surface area contributed by atoms with E-state index in [-0.39, 0.29) is 21.4 Å². The maximum Gasteiger partial charge on any atom is 0.335 e. The number of benzene rings is 6. The number of aryl methyl sites for hydroxylation is 7. The summed E-state index contributed by atoms with van der Waals surface area (Å²) in [6.07, 6.45) is 3.08. The third kappa shape index (κ3) is 12.9. The molecule has 0 radical (unpaired) electrons. The van der Waals surface area contributed by atoms with Crippen LogP contribution < -0.4 is 9.44 Å². The molecule has 0 amide bonds. The summed E-state index contributed by atoms with van der Waals surface area (Å²) < 4.78 is 56.4. The van der Waals surface area contributed by atoms with Crippen molar-refractivity contribution in [3.8, 4) is 0 Å². The molecule has 12 heteroatoms. The Labute approximate surface area is 359 Å². The molecule has 6 aromatic rings. The maximum absolute atomic E-state index is 12.9. The van der Waals surface area contributed by atoms with Gasteiger partial charge in [-0.05, 0) is 151 Å². The standard InChI is InChI=1S/C25H27NO4S.C24H25NO4S/c1-25(2,3)21-12-16-23(17-13-21)31(29,30)26-22-14-8-19(9-15-22)5-4-18-6-10-20(11-7-18)24(27)28;1-16-14-17(2)23(18(3)15-16)30(28,29)25-22-12-8-20(9-13-22)5-4-19-6-10-21(11-7-19)24(26)27/h6-17,26H,4-5H2,1-3H3,(H,27,28);6-15,25H,4-5H2,1-3H3,(H,26,27). The number of rotatable bonds is 14. The van der Waals surface area contributed by atoms with Crippen LogP contribution in [0.4, 0.5) is 11.4 Å². The van der Waals surface area contributed by atoms with Gasteiger partial charge in [0.1, 0.15) is 0 Å². The summed E-state index contributed by atoms with van der Waals surface area (Å²) in [5, 5.41) is 17.9. The highest BCUT2D eigenvalue weighted by Gasteiger charge is 2.21. The predicted octanol–water partition coefficient (Wildman–Crippen LogP) is 10.2. The number of hydrogen-bond acceptors (Lipinski definition) is 6. The molecule has 0 heterocycles. The molecule has 0 bridgehead atoms. The number of carboxylic acids is 2. The average Bonchev–Trinajstić information content (AvgIpc) is 3.20. The van der Waals surface area contributed by atoms with Gasteiger partial charge < -0.3 is 10.2 Å². The van der Waals surface area contributed by atoms with Gasteiger partial charge in [-0.2, -0.15) is 0 Å². The van der Waals surface area contributed by atoms with E-state index in [1.54, 1.807) is 74.5 Å². The first-order chi connectivity index (χ1) is 28.7. The topological polar surface area (TPSA) is 167 Å². The van der Waals surface area contributed by atoms with Gasteiger partial charge in [0.25, 0.3) is 20.0 Å². The van der Waals surface area contributed by atoms with E-state index >= 15 is 0 Å². The number of nitrogens with one attached hydrogen (secondary N) is 2. The molecule has 0 spiro atoms. The van der Waals surface area contributed by atoms with Crippen LogP contribution in [0.3, 0.4) is 0 Å². The highest BCUT2D eigenvalue weighted by Crippen LogP contribution is 2.26. The molecule has 61 heavy (non-hydrogen) atoms. The van der Waals surface area contributed by atoms with Crippen LogP contribution >= 0.6 is 0 Å². The Kier molecular flexibility index (Phi) is 14.6. The molecule has 0 aliphatic heterocycles. The molecule has 0 atom stereocenters. The summed E-state index contributed by atoms with van der Waals surface area (Å²) in [6.45, 7) is 11.8. The van der Waals surface area contributed by atoms with Gasteiger partial charge in [-0.1, -0.05) is 99.1 Å². The van der Waals surface area contributed by atoms with E-state index in [2.05, 4.69) is 30.2 Å². The summed E-state index contributed by atoms with van der Waals surface area (Å²) in [7, 11) is -7.32. The number of aromatic carboxylic acids is 2. The van der Waals surface area contributed by atoms with Crippen LogP contribution in [0.5, 0.6) is 0 Å². The second-order valence-electron chi connectivity index (χ2n) is 16.1. The first kappa shape index (κ1) is 45.8. The molecule has 6 rings (SSSR count). The molecule has 0 fully saturated rings. The van der Waals surface area contributed by atoms with E-state index in [0.717, 1.165) is 70.2 Å². The van der Waals surface area contributed by atoms with Gasteiger partial charge in [0.2, 0.25) is 0 Å². The molecular weight excluding hydrogens is 809 g/mol. The zero-order chi connectivity index (χ0) is 44.5. The van der Waals surface area contributed by atoms with Crippen LogP contribution in [-0.4, -0.2) is 39.0 Å². The second-order valence-corrected chi connectivity index (χ2v) is 19.4. The van der Waals surface area contributed by atoms with Crippen molar-refractivity contribution in [1.82, 2.24) is 0 Å². The Morgan fingerprint density at radius 3 is 1.15 bits per heavy atom. The summed E-state index contributed by atoms with van der Waals surface area (Å²) in [4.78, 5) is 22.4. The van der Waals surface area contributed by atoms with Gasteiger partial charge in [-0.15, -0.1) is 0 Å². The zero-order valence-corrected chi connectivity index (χ0v) is 36.8. The number of sulfonamides is 2. The molecule has 4 N–H and O–H groups in total. The fraction of sp³-hybridized carbons (Fsp3) is 0.224. The average molecular weight is 861 g/mol. The van der Waals surface area contributed by atoms with Crippen LogP contribution in [0.1, 0.15) is 86.0 Å². The number of carbonyl (C=O) groups is 2. The van der Waals surface area contributed by atoms with Gasteiger partial charge in [0.15, 0.2) is 0 Å². The van der Waals surface area contributed by atoms with Gasteiger partial charge in [0, 0.05) is 11.4 Å². The highest BCUT2D eigenvalue weighted by atomic mass is 32.2. The Morgan fingerprint density at radius 1 is 0.492 bits per heavy atom. The lowest BCUT2D eigenvalue weighted by molar-refractivity contribution is 0.0686. The number of carboxylic acid groups (broad SMARTS) is 2. The lowest BCUT2D eigenvalue weighted by Gasteiger charge is -2.19. The third-order valence-corrected chi connectivity index (χ3v) is 13.2. The van der Waals surface area contributed by atoms with Gasteiger partial charge >= 0.3 is 11.9 Å². The minimum atomic E-state index is -3.67. The smallest absolute Gasteiger partial charge is 0.335 e. The molecule has 0 saturated heterocycles. The van der Waals surface area contributed by atoms with Crippen molar-refractivity contribution < 1.29 is 36.6 Å². The minimum Gasteiger partial charge on any atom is -0.478 e. The molecule has 10 nitrogen and oxygen atoms in total. The largest absolute Gasteiger partial charge is 0.478 e. The SMILES string of the molecule is CC(C)(C)c1ccc(S(=O)(=O)Nc2ccc(CCc3ccc(C(=O)O)cc3)cc2)cc1.Cc1cc(C)c(S(=O)(=O)Nc2ccc(CCc3ccc(C(=O)O)cc3)cc2)c(C)c1. The summed E-state index contributed by atoms with van der Waals surface area (Å²) in [6, 6.07) is 39.0. The fourth-order valence-electron chi connectivity index (χ4n) is 6.83. The van der Waals surface area contributed by atoms with Crippen molar-refractivity contribution in [1.29, 1.82) is 0 Å². The lowest BCUT2D eigenvalue weighted by atomic mass is 9.87. The van der Waals surface area contributed by atoms with E-state index in [1.165, 1.54) is 0 Å². The molecule has 0 aliphatic rings. The summed E-state index contributed by atoms with van der Waals surface area (Å²) in [5.74, 6) is -1.87. The summed E-state index contributed by atoms with van der Waals surface area (Å²) >= 11 is 0. The Balaban J connectivity index is 0.000000231. The van der Waals surface area contributed by atoms with Crippen LogP contribution in [0.25, 0.3) is 0 Å². The molecular formula is C49H52N2O8S2. The molecule has 6 aromatic carbocycles. The van der Waals surface area contributed by atoms with Crippen molar-refractivity contribution in [2.75, 3.05) is 9.44 Å². The van der Waals surface area contributed by atoms with Crippen LogP contribution in [-0.2, 0) is 51.1 Å². The second kappa shape index (κ2) is 19.4. The van der Waals surface area contributed by atoms with E-state index in [1.807, 2.05) is 79.7 Å². The van der Waals surface area contributed by atoms with Crippen molar-refractivity contribution in [3.05, 3.63) is 189 Å². The zero-order valence-electron chi connectivity index (χ0n) is 35.2. The van der Waals surface area contributed by atoms with Crippen molar-refractivity contribution >= 4 is 43.4 Å². The Morgan fingerprint density at radius 2 is 0.820 bits per heavy atom. The molecule has 0 saturated carbocycles. The molecule has 0 aromatic heterocycles. The quantitative estimate of drug-likeness (QED) is 0.0840. The fourth-order valence-corrected chi connectivity index (χ4v) is 9.40. The van der Waals surface area contributed by atoms with Crippen molar-refractivity contribution in [2.45, 2.75) is 82.4 Å². The molecule has 0 unspecified atom stereocenters. The molecule has 0 aliphatic carbocycles. The van der Waals surface area contributed by atoms with Gasteiger partial charge in [0.05, 0.1) is 20.9 Å². The van der Waals surface area contributed by atoms with Gasteiger partial charge in [-0.3, -0.25) is 9.44 Å². The maximum atomic E-state index is 12.9. The Bertz CT molecular complexity index is 2660. The molecule has 318 valence electrons. The van der Waals surface area contributed by atoms with E-state index in [9.17, 15) is 26.4 Å². The summed E-state index contributed by atoms with van der Waals surface area (Å²) in [5.41, 5.74) is 9.34. The monoisotopic (exact) mass is 860 g/mol. The first-order valence-electron chi connectivity index (χ1n) is 19.8. The van der Waals surface area contributed by atoms with E-state index in [0.29, 0.717) is 16.3 Å². The first-order valence-corrected chi connectivity index (χ1v) is 22.7. The van der Waals surface area contributed by atoms with Crippen molar-refractivity contribution in [3.63, 3.8) is 0 Å². The Hall–Kier alpha value is -6.24. The number of hydrogen-bond donors (Lipinski definition) is 4. The number of anilines is 2. The van der Waals surface area contributed by atoms with Crippen molar-refractivity contribution in [2.24, 2.45) is 0 Å². The van der Waals surface area contributed by atoms with Crippen LogP contribution in [0.2, 0.25) is 0 Å². The van der Waals surface area contributed by atoms with E-state index < -0.39 is 32.0 Å². The van der Waals surface area contributed by atoms with Crippen LogP contribution in [0, 0.1) is 20.8 Å². The predicted molar refractivity (Wildman–Crippen MR) is 242 cm³/mol.